The predicted octanol–water partition coefficient (Wildman–Crippen LogP) is 5.02. The number of halogens is 1. The van der Waals surface area contributed by atoms with Gasteiger partial charge in [0, 0.05) is 16.5 Å². The minimum atomic E-state index is -0.267. The van der Waals surface area contributed by atoms with Gasteiger partial charge in [0.2, 0.25) is 0 Å². The number of likely N-dealkylation sites (N-methyl/N-ethyl adjacent to an activating group) is 1. The third-order valence-corrected chi connectivity index (χ3v) is 5.33. The maximum Gasteiger partial charge on any atom is 0.268 e. The van der Waals surface area contributed by atoms with Crippen LogP contribution in [0.4, 0.5) is 0 Å². The highest BCUT2D eigenvalue weighted by Crippen LogP contribution is 2.40. The lowest BCUT2D eigenvalue weighted by molar-refractivity contribution is -0.136. The smallest absolute Gasteiger partial charge is 0.268 e. The molecule has 0 saturated heterocycles. The zero-order valence-corrected chi connectivity index (χ0v) is 16.9. The summed E-state index contributed by atoms with van der Waals surface area (Å²) in [5, 5.41) is 0.623. The van der Waals surface area contributed by atoms with Crippen molar-refractivity contribution in [2.75, 3.05) is 6.54 Å². The standard InChI is InChI=1S/C21H20ClNO3S/c1-4-23-20(24)18(14-5-9-16(10-6-14)26-13(2)3)19(21(23)25)27-17-11-7-15(22)8-12-17/h5-13H,4H2,1-3H3. The molecule has 4 nitrogen and oxygen atoms in total. The van der Waals surface area contributed by atoms with E-state index in [1.54, 1.807) is 19.1 Å². The highest BCUT2D eigenvalue weighted by molar-refractivity contribution is 8.04. The van der Waals surface area contributed by atoms with E-state index in [1.807, 2.05) is 50.2 Å². The van der Waals surface area contributed by atoms with Crippen molar-refractivity contribution in [3.05, 3.63) is 64.0 Å². The molecule has 0 radical (unpaired) electrons. The first kappa shape index (κ1) is 19.5. The topological polar surface area (TPSA) is 46.6 Å². The van der Waals surface area contributed by atoms with Gasteiger partial charge in [-0.15, -0.1) is 0 Å². The molecular formula is C21H20ClNO3S. The van der Waals surface area contributed by atoms with Gasteiger partial charge >= 0.3 is 0 Å². The van der Waals surface area contributed by atoms with E-state index in [0.29, 0.717) is 27.6 Å². The molecule has 0 aromatic heterocycles. The number of hydrogen-bond donors (Lipinski definition) is 0. The lowest BCUT2D eigenvalue weighted by Crippen LogP contribution is -2.31. The number of nitrogens with zero attached hydrogens (tertiary/aromatic N) is 1. The van der Waals surface area contributed by atoms with E-state index in [-0.39, 0.29) is 17.9 Å². The van der Waals surface area contributed by atoms with E-state index in [9.17, 15) is 9.59 Å². The number of thioether (sulfide) groups is 1. The summed E-state index contributed by atoms with van der Waals surface area (Å²) in [5.74, 6) is 0.196. The van der Waals surface area contributed by atoms with Gasteiger partial charge in [-0.05, 0) is 62.7 Å². The molecule has 6 heteroatoms. The Balaban J connectivity index is 2.00. The van der Waals surface area contributed by atoms with Crippen molar-refractivity contribution in [2.24, 2.45) is 0 Å². The molecule has 2 aromatic carbocycles. The summed E-state index contributed by atoms with van der Waals surface area (Å²) in [5.41, 5.74) is 1.13. The van der Waals surface area contributed by atoms with Crippen molar-refractivity contribution in [1.82, 2.24) is 4.90 Å². The van der Waals surface area contributed by atoms with Crippen LogP contribution >= 0.6 is 23.4 Å². The molecule has 0 aliphatic carbocycles. The van der Waals surface area contributed by atoms with Crippen LogP contribution in [0, 0.1) is 0 Å². The van der Waals surface area contributed by atoms with E-state index in [0.717, 1.165) is 10.6 Å². The average Bonchev–Trinajstić information content (AvgIpc) is 2.87. The van der Waals surface area contributed by atoms with Crippen molar-refractivity contribution in [3.8, 4) is 5.75 Å². The van der Waals surface area contributed by atoms with Gasteiger partial charge in [-0.25, -0.2) is 0 Å². The lowest BCUT2D eigenvalue weighted by Gasteiger charge is -2.12. The van der Waals surface area contributed by atoms with Crippen LogP contribution in [0.1, 0.15) is 26.3 Å². The Morgan fingerprint density at radius 2 is 1.63 bits per heavy atom. The Kier molecular flexibility index (Phi) is 5.92. The molecule has 0 atom stereocenters. The summed E-state index contributed by atoms with van der Waals surface area (Å²) in [6.45, 7) is 6.04. The van der Waals surface area contributed by atoms with Crippen molar-refractivity contribution >= 4 is 40.8 Å². The molecule has 2 amide bonds. The van der Waals surface area contributed by atoms with Gasteiger partial charge in [0.25, 0.3) is 11.8 Å². The van der Waals surface area contributed by atoms with Gasteiger partial charge in [0.15, 0.2) is 0 Å². The van der Waals surface area contributed by atoms with E-state index in [2.05, 4.69) is 0 Å². The van der Waals surface area contributed by atoms with Crippen LogP contribution in [0.5, 0.6) is 5.75 Å². The molecule has 1 aliphatic rings. The SMILES string of the molecule is CCN1C(=O)C(Sc2ccc(Cl)cc2)=C(c2ccc(OC(C)C)cc2)C1=O. The van der Waals surface area contributed by atoms with Crippen LogP contribution in [-0.2, 0) is 9.59 Å². The zero-order chi connectivity index (χ0) is 19.6. The molecule has 0 bridgehead atoms. The molecule has 0 saturated carbocycles. The van der Waals surface area contributed by atoms with Crippen molar-refractivity contribution in [1.29, 1.82) is 0 Å². The third kappa shape index (κ3) is 4.20. The van der Waals surface area contributed by atoms with Crippen LogP contribution in [-0.4, -0.2) is 29.4 Å². The maximum absolute atomic E-state index is 12.8. The number of carbonyl (C=O) groups is 2. The first-order valence-electron chi connectivity index (χ1n) is 8.71. The quantitative estimate of drug-likeness (QED) is 0.637. The Labute approximate surface area is 168 Å². The number of rotatable bonds is 6. The zero-order valence-electron chi connectivity index (χ0n) is 15.4. The summed E-state index contributed by atoms with van der Waals surface area (Å²) in [4.78, 5) is 28.2. The van der Waals surface area contributed by atoms with E-state index in [4.69, 9.17) is 16.3 Å². The van der Waals surface area contributed by atoms with Gasteiger partial charge in [-0.3, -0.25) is 14.5 Å². The third-order valence-electron chi connectivity index (χ3n) is 3.99. The van der Waals surface area contributed by atoms with E-state index >= 15 is 0 Å². The van der Waals surface area contributed by atoms with Crippen LogP contribution in [0.25, 0.3) is 5.57 Å². The van der Waals surface area contributed by atoms with Crippen LogP contribution in [0.3, 0.4) is 0 Å². The molecule has 3 rings (SSSR count). The van der Waals surface area contributed by atoms with Crippen LogP contribution < -0.4 is 4.74 Å². The molecule has 27 heavy (non-hydrogen) atoms. The number of hydrogen-bond acceptors (Lipinski definition) is 4. The summed E-state index contributed by atoms with van der Waals surface area (Å²) in [7, 11) is 0. The minimum absolute atomic E-state index is 0.0661. The molecule has 2 aromatic rings. The molecule has 0 spiro atoms. The number of benzene rings is 2. The largest absolute Gasteiger partial charge is 0.491 e. The summed E-state index contributed by atoms with van der Waals surface area (Å²) in [6, 6.07) is 14.5. The normalized spacial score (nSPS) is 14.5. The second kappa shape index (κ2) is 8.19. The molecule has 1 aliphatic heterocycles. The Bertz CT molecular complexity index is 889. The van der Waals surface area contributed by atoms with Gasteiger partial charge in [0.1, 0.15) is 5.75 Å². The minimum Gasteiger partial charge on any atom is -0.491 e. The van der Waals surface area contributed by atoms with Gasteiger partial charge < -0.3 is 4.74 Å². The fraction of sp³-hybridized carbons (Fsp3) is 0.238. The number of imide groups is 1. The fourth-order valence-electron chi connectivity index (χ4n) is 2.78. The van der Waals surface area contributed by atoms with Gasteiger partial charge in [-0.2, -0.15) is 0 Å². The monoisotopic (exact) mass is 401 g/mol. The number of ether oxygens (including phenoxy) is 1. The van der Waals surface area contributed by atoms with Crippen molar-refractivity contribution < 1.29 is 14.3 Å². The fourth-order valence-corrected chi connectivity index (χ4v) is 3.92. The lowest BCUT2D eigenvalue weighted by atomic mass is 10.1. The molecule has 140 valence electrons. The van der Waals surface area contributed by atoms with Gasteiger partial charge in [-0.1, -0.05) is 35.5 Å². The highest BCUT2D eigenvalue weighted by atomic mass is 35.5. The maximum atomic E-state index is 12.8. The Morgan fingerprint density at radius 1 is 1.00 bits per heavy atom. The van der Waals surface area contributed by atoms with Crippen LogP contribution in [0.15, 0.2) is 58.3 Å². The molecule has 0 N–H and O–H groups in total. The van der Waals surface area contributed by atoms with E-state index < -0.39 is 0 Å². The average molecular weight is 402 g/mol. The summed E-state index contributed by atoms with van der Waals surface area (Å²) in [6.07, 6.45) is 0.0661. The van der Waals surface area contributed by atoms with Gasteiger partial charge in [0.05, 0.1) is 16.6 Å². The molecule has 0 unspecified atom stereocenters. The Hall–Kier alpha value is -2.24. The van der Waals surface area contributed by atoms with Crippen LogP contribution in [0.2, 0.25) is 5.02 Å². The predicted molar refractivity (Wildman–Crippen MR) is 109 cm³/mol. The summed E-state index contributed by atoms with van der Waals surface area (Å²) >= 11 is 7.23. The van der Waals surface area contributed by atoms with Crippen molar-refractivity contribution in [3.63, 3.8) is 0 Å². The molecule has 0 fully saturated rings. The first-order valence-corrected chi connectivity index (χ1v) is 9.91. The Morgan fingerprint density at radius 3 is 2.19 bits per heavy atom. The number of amides is 2. The second-order valence-corrected chi connectivity index (χ2v) is 7.83. The first-order chi connectivity index (χ1) is 12.9. The molecule has 1 heterocycles. The van der Waals surface area contributed by atoms with Crippen molar-refractivity contribution in [2.45, 2.75) is 31.8 Å². The van der Waals surface area contributed by atoms with E-state index in [1.165, 1.54) is 16.7 Å². The summed E-state index contributed by atoms with van der Waals surface area (Å²) < 4.78 is 5.66. The second-order valence-electron chi connectivity index (χ2n) is 6.31. The highest BCUT2D eigenvalue weighted by Gasteiger charge is 2.38. The number of carbonyl (C=O) groups excluding carboxylic acids is 2. The molecular weight excluding hydrogens is 382 g/mol.